The van der Waals surface area contributed by atoms with Crippen LogP contribution in [0.3, 0.4) is 0 Å². The van der Waals surface area contributed by atoms with Gasteiger partial charge >= 0.3 is 5.97 Å². The van der Waals surface area contributed by atoms with E-state index in [2.05, 4.69) is 15.0 Å². The molecule has 1 aromatic heterocycles. The van der Waals surface area contributed by atoms with Gasteiger partial charge in [-0.15, -0.1) is 0 Å². The maximum Gasteiger partial charge on any atom is 0.310 e. The van der Waals surface area contributed by atoms with Gasteiger partial charge in [0.2, 0.25) is 0 Å². The molecule has 4 nitrogen and oxygen atoms in total. The van der Waals surface area contributed by atoms with Crippen LogP contribution in [0.2, 0.25) is 0 Å². The monoisotopic (exact) mass is 306 g/mol. The lowest BCUT2D eigenvalue weighted by atomic mass is 10.1. The first-order chi connectivity index (χ1) is 10.6. The molecule has 1 aromatic carbocycles. The summed E-state index contributed by atoms with van der Waals surface area (Å²) in [6.45, 7) is 0.442. The lowest BCUT2D eigenvalue weighted by molar-refractivity contribution is -0.139. The SMILES string of the molecule is COC(=O)Cc1c(F)ccc(NCCc2ccccn2)c1F. The van der Waals surface area contributed by atoms with Crippen molar-refractivity contribution in [3.63, 3.8) is 0 Å². The average Bonchev–Trinajstić information content (AvgIpc) is 2.54. The third-order valence-electron chi connectivity index (χ3n) is 3.16. The first kappa shape index (κ1) is 15.9. The number of carbonyl (C=O) groups excluding carboxylic acids is 1. The number of nitrogens with zero attached hydrogens (tertiary/aromatic N) is 1. The van der Waals surface area contributed by atoms with E-state index in [1.54, 1.807) is 6.20 Å². The molecule has 1 heterocycles. The maximum atomic E-state index is 14.2. The third-order valence-corrected chi connectivity index (χ3v) is 3.16. The van der Waals surface area contributed by atoms with Crippen LogP contribution in [0.25, 0.3) is 0 Å². The molecule has 0 aliphatic rings. The Morgan fingerprint density at radius 3 is 2.77 bits per heavy atom. The van der Waals surface area contributed by atoms with Gasteiger partial charge in [0, 0.05) is 30.4 Å². The van der Waals surface area contributed by atoms with Crippen LogP contribution < -0.4 is 5.32 Å². The molecule has 0 atom stereocenters. The van der Waals surface area contributed by atoms with Gasteiger partial charge in [-0.2, -0.15) is 0 Å². The van der Waals surface area contributed by atoms with E-state index in [0.717, 1.165) is 11.8 Å². The summed E-state index contributed by atoms with van der Waals surface area (Å²) in [6, 6.07) is 7.99. The topological polar surface area (TPSA) is 51.2 Å². The molecule has 6 heteroatoms. The molecule has 22 heavy (non-hydrogen) atoms. The Bertz CT molecular complexity index is 648. The Morgan fingerprint density at radius 2 is 2.09 bits per heavy atom. The number of esters is 1. The van der Waals surface area contributed by atoms with Crippen LogP contribution in [0, 0.1) is 11.6 Å². The number of methoxy groups -OCH3 is 1. The highest BCUT2D eigenvalue weighted by molar-refractivity contribution is 5.73. The van der Waals surface area contributed by atoms with Crippen molar-refractivity contribution in [2.75, 3.05) is 19.0 Å². The van der Waals surface area contributed by atoms with Crippen LogP contribution in [0.1, 0.15) is 11.3 Å². The summed E-state index contributed by atoms with van der Waals surface area (Å²) < 4.78 is 32.3. The smallest absolute Gasteiger partial charge is 0.310 e. The zero-order valence-electron chi connectivity index (χ0n) is 12.1. The zero-order chi connectivity index (χ0) is 15.9. The van der Waals surface area contributed by atoms with Gasteiger partial charge in [0.15, 0.2) is 5.82 Å². The van der Waals surface area contributed by atoms with E-state index in [-0.39, 0.29) is 11.3 Å². The molecule has 0 bridgehead atoms. The second-order valence-corrected chi connectivity index (χ2v) is 4.64. The molecule has 0 aliphatic heterocycles. The predicted octanol–water partition coefficient (Wildman–Crippen LogP) is 2.73. The number of hydrogen-bond donors (Lipinski definition) is 1. The van der Waals surface area contributed by atoms with Crippen LogP contribution in [-0.2, 0) is 22.4 Å². The zero-order valence-corrected chi connectivity index (χ0v) is 12.1. The van der Waals surface area contributed by atoms with Gasteiger partial charge in [-0.05, 0) is 24.3 Å². The Balaban J connectivity index is 2.05. The lowest BCUT2D eigenvalue weighted by Crippen LogP contribution is -2.12. The van der Waals surface area contributed by atoms with Crippen LogP contribution >= 0.6 is 0 Å². The van der Waals surface area contributed by atoms with E-state index in [0.29, 0.717) is 13.0 Å². The molecule has 0 fully saturated rings. The minimum atomic E-state index is -0.772. The number of hydrogen-bond acceptors (Lipinski definition) is 4. The fourth-order valence-corrected chi connectivity index (χ4v) is 1.98. The second-order valence-electron chi connectivity index (χ2n) is 4.64. The molecule has 1 N–H and O–H groups in total. The summed E-state index contributed by atoms with van der Waals surface area (Å²) in [5, 5.41) is 2.89. The summed E-state index contributed by atoms with van der Waals surface area (Å²) in [4.78, 5) is 15.4. The van der Waals surface area contributed by atoms with Crippen LogP contribution in [0.5, 0.6) is 0 Å². The van der Waals surface area contributed by atoms with E-state index in [1.165, 1.54) is 13.2 Å². The van der Waals surface area contributed by atoms with Crippen molar-refractivity contribution >= 4 is 11.7 Å². The van der Waals surface area contributed by atoms with Gasteiger partial charge in [-0.3, -0.25) is 9.78 Å². The highest BCUT2D eigenvalue weighted by Gasteiger charge is 2.17. The van der Waals surface area contributed by atoms with Crippen LogP contribution in [0.15, 0.2) is 36.5 Å². The van der Waals surface area contributed by atoms with Crippen molar-refractivity contribution in [3.05, 3.63) is 59.4 Å². The summed E-state index contributed by atoms with van der Waals surface area (Å²) in [7, 11) is 1.17. The molecule has 116 valence electrons. The molecule has 0 amide bonds. The fourth-order valence-electron chi connectivity index (χ4n) is 1.98. The summed E-state index contributed by atoms with van der Waals surface area (Å²) >= 11 is 0. The van der Waals surface area contributed by atoms with E-state index >= 15 is 0 Å². The molecule has 0 saturated carbocycles. The number of rotatable bonds is 6. The van der Waals surface area contributed by atoms with Crippen molar-refractivity contribution in [2.45, 2.75) is 12.8 Å². The first-order valence-corrected chi connectivity index (χ1v) is 6.79. The number of nitrogens with one attached hydrogen (secondary N) is 1. The van der Waals surface area contributed by atoms with Crippen molar-refractivity contribution in [3.8, 4) is 0 Å². The van der Waals surface area contributed by atoms with Crippen LogP contribution in [0.4, 0.5) is 14.5 Å². The quantitative estimate of drug-likeness (QED) is 0.834. The number of benzene rings is 1. The Labute approximate surface area is 127 Å². The average molecular weight is 306 g/mol. The molecular formula is C16H16F2N2O2. The van der Waals surface area contributed by atoms with Crippen molar-refractivity contribution in [1.29, 1.82) is 0 Å². The van der Waals surface area contributed by atoms with Gasteiger partial charge < -0.3 is 10.1 Å². The Kier molecular flexibility index (Phi) is 5.41. The standard InChI is InChI=1S/C16H16F2N2O2/c1-22-15(21)10-12-13(17)5-6-14(16(12)18)20-9-7-11-4-2-3-8-19-11/h2-6,8,20H,7,9-10H2,1H3. The summed E-state index contributed by atoms with van der Waals surface area (Å²) in [5.74, 6) is -2.23. The minimum absolute atomic E-state index is 0.149. The lowest BCUT2D eigenvalue weighted by Gasteiger charge is -2.11. The Morgan fingerprint density at radius 1 is 1.27 bits per heavy atom. The third kappa shape index (κ3) is 4.00. The largest absolute Gasteiger partial charge is 0.469 e. The van der Waals surface area contributed by atoms with Gasteiger partial charge in [-0.1, -0.05) is 6.07 Å². The maximum absolute atomic E-state index is 14.2. The molecule has 0 saturated heterocycles. The van der Waals surface area contributed by atoms with E-state index in [9.17, 15) is 13.6 Å². The molecule has 0 radical (unpaired) electrons. The van der Waals surface area contributed by atoms with Gasteiger partial charge in [-0.25, -0.2) is 8.78 Å². The summed E-state index contributed by atoms with van der Waals surface area (Å²) in [6.07, 6.45) is 1.84. The predicted molar refractivity (Wildman–Crippen MR) is 78.5 cm³/mol. The first-order valence-electron chi connectivity index (χ1n) is 6.79. The van der Waals surface area contributed by atoms with E-state index < -0.39 is 24.0 Å². The number of anilines is 1. The van der Waals surface area contributed by atoms with E-state index in [4.69, 9.17) is 0 Å². The number of aromatic nitrogens is 1. The molecule has 0 spiro atoms. The van der Waals surface area contributed by atoms with Gasteiger partial charge in [0.1, 0.15) is 5.82 Å². The fraction of sp³-hybridized carbons (Fsp3) is 0.250. The second kappa shape index (κ2) is 7.49. The summed E-state index contributed by atoms with van der Waals surface area (Å²) in [5.41, 5.74) is 0.721. The number of carbonyl (C=O) groups is 1. The highest BCUT2D eigenvalue weighted by Crippen LogP contribution is 2.22. The molecule has 0 aliphatic carbocycles. The normalized spacial score (nSPS) is 10.3. The van der Waals surface area contributed by atoms with Crippen LogP contribution in [-0.4, -0.2) is 24.6 Å². The van der Waals surface area contributed by atoms with Gasteiger partial charge in [0.05, 0.1) is 19.2 Å². The number of pyridine rings is 1. The molecular weight excluding hydrogens is 290 g/mol. The number of ether oxygens (including phenoxy) is 1. The molecule has 2 aromatic rings. The highest BCUT2D eigenvalue weighted by atomic mass is 19.1. The number of halogens is 2. The van der Waals surface area contributed by atoms with E-state index in [1.807, 2.05) is 18.2 Å². The van der Waals surface area contributed by atoms with Crippen molar-refractivity contribution in [1.82, 2.24) is 4.98 Å². The van der Waals surface area contributed by atoms with Crippen molar-refractivity contribution < 1.29 is 18.3 Å². The van der Waals surface area contributed by atoms with Crippen molar-refractivity contribution in [2.24, 2.45) is 0 Å². The molecule has 2 rings (SSSR count). The molecule has 0 unspecified atom stereocenters. The van der Waals surface area contributed by atoms with Gasteiger partial charge in [0.25, 0.3) is 0 Å². The Hall–Kier alpha value is -2.50. The minimum Gasteiger partial charge on any atom is -0.469 e.